The minimum Gasteiger partial charge on any atom is -0.436 e. The number of thioether (sulfide) groups is 1. The molecule has 1 aromatic carbocycles. The number of carbonyl (C=O) groups is 1. The van der Waals surface area contributed by atoms with Crippen LogP contribution >= 0.6 is 20.3 Å². The van der Waals surface area contributed by atoms with Crippen LogP contribution in [0.3, 0.4) is 0 Å². The van der Waals surface area contributed by atoms with Gasteiger partial charge in [-0.25, -0.2) is 14.1 Å². The second-order valence-corrected chi connectivity index (χ2v) is 11.5. The molecule has 44 heavy (non-hydrogen) atoms. The average Bonchev–Trinajstić information content (AvgIpc) is 3.49. The van der Waals surface area contributed by atoms with Crippen molar-refractivity contribution >= 4 is 44.8 Å². The van der Waals surface area contributed by atoms with Gasteiger partial charge in [-0.1, -0.05) is 37.5 Å². The number of halogens is 2. The Bertz CT molecular complexity index is 1510. The normalized spacial score (nSPS) is 15.6. The van der Waals surface area contributed by atoms with Crippen LogP contribution in [0.25, 0.3) is 5.70 Å². The summed E-state index contributed by atoms with van der Waals surface area (Å²) in [5.74, 6) is -1.34. The quantitative estimate of drug-likeness (QED) is 0.0912. The Hall–Kier alpha value is -3.97. The highest BCUT2D eigenvalue weighted by atomic mass is 32.2. The van der Waals surface area contributed by atoms with Gasteiger partial charge in [-0.2, -0.15) is 9.49 Å². The number of para-hydroxylation sites is 1. The summed E-state index contributed by atoms with van der Waals surface area (Å²) >= 11 is 1.28. The predicted octanol–water partition coefficient (Wildman–Crippen LogP) is 5.42. The van der Waals surface area contributed by atoms with E-state index in [9.17, 15) is 13.6 Å². The van der Waals surface area contributed by atoms with Crippen LogP contribution in [0.5, 0.6) is 5.75 Å². The lowest BCUT2D eigenvalue weighted by Crippen LogP contribution is -2.28. The zero-order chi connectivity index (χ0) is 31.3. The Labute approximate surface area is 259 Å². The van der Waals surface area contributed by atoms with Gasteiger partial charge in [0, 0.05) is 29.1 Å². The third-order valence-electron chi connectivity index (χ3n) is 6.39. The Morgan fingerprint density at radius 3 is 2.73 bits per heavy atom. The number of pyridine rings is 1. The second-order valence-electron chi connectivity index (χ2n) is 9.62. The first kappa shape index (κ1) is 32.9. The van der Waals surface area contributed by atoms with Crippen LogP contribution in [0.2, 0.25) is 0 Å². The molecule has 0 radical (unpaired) electrons. The SMILES string of the molecule is C=N/C(=C\SCc1cnn(COP(N)Oc2ccccc2)c1)C(=O)N/C(C=NC1CCCCC1)=C(/N)c1nc(F)ccc1F. The van der Waals surface area contributed by atoms with Crippen LogP contribution < -0.4 is 21.1 Å². The van der Waals surface area contributed by atoms with Crippen molar-refractivity contribution in [3.05, 3.63) is 94.7 Å². The fraction of sp³-hybridized carbons (Fsp3) is 0.276. The van der Waals surface area contributed by atoms with Gasteiger partial charge in [0.15, 0.2) is 5.82 Å². The third-order valence-corrected chi connectivity index (χ3v) is 8.04. The lowest BCUT2D eigenvalue weighted by atomic mass is 9.96. The molecule has 15 heteroatoms. The minimum absolute atomic E-state index is 0.0124. The summed E-state index contributed by atoms with van der Waals surface area (Å²) in [5, 5.41) is 8.39. The Morgan fingerprint density at radius 1 is 1.20 bits per heavy atom. The number of allylic oxidation sites excluding steroid dienone is 1. The topological polar surface area (TPSA) is 155 Å². The maximum absolute atomic E-state index is 14.5. The smallest absolute Gasteiger partial charge is 0.317 e. The number of carbonyl (C=O) groups excluding carboxylic acids is 1. The van der Waals surface area contributed by atoms with Gasteiger partial charge in [0.05, 0.1) is 23.6 Å². The first-order valence-corrected chi connectivity index (χ1v) is 16.0. The first-order chi connectivity index (χ1) is 21.3. The Balaban J connectivity index is 1.38. The summed E-state index contributed by atoms with van der Waals surface area (Å²) < 4.78 is 40.9. The van der Waals surface area contributed by atoms with Gasteiger partial charge in [0.25, 0.3) is 5.91 Å². The third kappa shape index (κ3) is 10.1. The number of amides is 1. The Kier molecular flexibility index (Phi) is 12.5. The molecule has 0 bridgehead atoms. The molecule has 1 saturated carbocycles. The van der Waals surface area contributed by atoms with Crippen molar-refractivity contribution in [3.8, 4) is 5.75 Å². The summed E-state index contributed by atoms with van der Waals surface area (Å²) in [4.78, 5) is 25.1. The number of hydrogen-bond donors (Lipinski definition) is 3. The second kappa shape index (κ2) is 16.8. The zero-order valence-electron chi connectivity index (χ0n) is 23.8. The highest BCUT2D eigenvalue weighted by molar-refractivity contribution is 8.01. The van der Waals surface area contributed by atoms with Crippen molar-refractivity contribution in [3.63, 3.8) is 0 Å². The maximum Gasteiger partial charge on any atom is 0.317 e. The van der Waals surface area contributed by atoms with Crippen LogP contribution in [0.15, 0.2) is 81.6 Å². The van der Waals surface area contributed by atoms with E-state index >= 15 is 0 Å². The Morgan fingerprint density at radius 2 is 1.98 bits per heavy atom. The maximum atomic E-state index is 14.5. The zero-order valence-corrected chi connectivity index (χ0v) is 25.5. The summed E-state index contributed by atoms with van der Waals surface area (Å²) in [7, 11) is -1.64. The molecule has 0 aliphatic heterocycles. The molecule has 1 aliphatic rings. The summed E-state index contributed by atoms with van der Waals surface area (Å²) in [6.45, 7) is 3.58. The lowest BCUT2D eigenvalue weighted by molar-refractivity contribution is -0.116. The van der Waals surface area contributed by atoms with Crippen molar-refractivity contribution in [2.75, 3.05) is 0 Å². The first-order valence-electron chi connectivity index (χ1n) is 13.7. The number of aliphatic imine (C=N–C) groups is 2. The molecule has 4 rings (SSSR count). The number of aromatic nitrogens is 3. The van der Waals surface area contributed by atoms with E-state index in [0.29, 0.717) is 11.5 Å². The fourth-order valence-electron chi connectivity index (χ4n) is 4.16. The van der Waals surface area contributed by atoms with Crippen LogP contribution in [-0.4, -0.2) is 39.6 Å². The molecule has 1 aliphatic carbocycles. The van der Waals surface area contributed by atoms with Crippen molar-refractivity contribution < 1.29 is 22.6 Å². The molecule has 2 aromatic heterocycles. The van der Waals surface area contributed by atoms with Crippen LogP contribution in [0.1, 0.15) is 43.4 Å². The van der Waals surface area contributed by atoms with Gasteiger partial charge in [-0.05, 0) is 43.8 Å². The van der Waals surface area contributed by atoms with Gasteiger partial charge < -0.3 is 15.6 Å². The van der Waals surface area contributed by atoms with E-state index in [-0.39, 0.29) is 29.9 Å². The molecule has 2 heterocycles. The largest absolute Gasteiger partial charge is 0.436 e. The van der Waals surface area contributed by atoms with Gasteiger partial charge >= 0.3 is 8.53 Å². The molecular weight excluding hydrogens is 609 g/mol. The standard InChI is InChI=1S/C29H33F2N8O3PS/c1-34-25(18-44-17-20-14-36-39(16-20)19-41-43(33)42-22-10-6-3-7-11-22)29(40)37-24(15-35-21-8-4-2-5-9-21)27(32)28-23(30)12-13-26(31)38-28/h3,6-7,10-16,18,21H,1-2,4-5,8-9,17,19,32-33H2,(H,37,40)/b25-18-,27-24+,35-15?. The molecule has 1 amide bonds. The van der Waals surface area contributed by atoms with Crippen LogP contribution in [0.4, 0.5) is 8.78 Å². The van der Waals surface area contributed by atoms with Crippen molar-refractivity contribution in [2.45, 2.75) is 50.6 Å². The summed E-state index contributed by atoms with van der Waals surface area (Å²) in [5.41, 5.74) is 12.2. The van der Waals surface area contributed by atoms with Gasteiger partial charge in [0.2, 0.25) is 5.95 Å². The van der Waals surface area contributed by atoms with E-state index < -0.39 is 31.9 Å². The predicted molar refractivity (Wildman–Crippen MR) is 169 cm³/mol. The highest BCUT2D eigenvalue weighted by Crippen LogP contribution is 2.31. The van der Waals surface area contributed by atoms with E-state index in [1.54, 1.807) is 29.2 Å². The van der Waals surface area contributed by atoms with E-state index in [2.05, 4.69) is 32.1 Å². The van der Waals surface area contributed by atoms with Gasteiger partial charge in [0.1, 0.15) is 23.9 Å². The van der Waals surface area contributed by atoms with Crippen LogP contribution in [0, 0.1) is 11.8 Å². The number of benzene rings is 1. The molecule has 1 unspecified atom stereocenters. The molecule has 3 aromatic rings. The monoisotopic (exact) mass is 642 g/mol. The molecule has 5 N–H and O–H groups in total. The van der Waals surface area contributed by atoms with E-state index in [1.807, 2.05) is 18.2 Å². The van der Waals surface area contributed by atoms with Crippen molar-refractivity contribution in [1.82, 2.24) is 20.1 Å². The van der Waals surface area contributed by atoms with E-state index in [1.165, 1.54) is 23.4 Å². The van der Waals surface area contributed by atoms with Crippen LogP contribution in [-0.2, 0) is 21.8 Å². The molecular formula is C29H33F2N8O3PS. The van der Waals surface area contributed by atoms with E-state index in [0.717, 1.165) is 49.8 Å². The summed E-state index contributed by atoms with van der Waals surface area (Å²) in [6.07, 6.45) is 9.79. The minimum atomic E-state index is -1.64. The number of rotatable bonds is 14. The number of nitrogens with one attached hydrogen (secondary N) is 1. The van der Waals surface area contributed by atoms with E-state index in [4.69, 9.17) is 20.3 Å². The molecule has 232 valence electrons. The molecule has 11 nitrogen and oxygen atoms in total. The highest BCUT2D eigenvalue weighted by Gasteiger charge is 2.18. The summed E-state index contributed by atoms with van der Waals surface area (Å²) in [6, 6.07) is 11.0. The van der Waals surface area contributed by atoms with Crippen molar-refractivity contribution in [1.29, 1.82) is 0 Å². The van der Waals surface area contributed by atoms with Crippen molar-refractivity contribution in [2.24, 2.45) is 21.2 Å². The molecule has 0 saturated heterocycles. The molecule has 1 atom stereocenters. The average molecular weight is 643 g/mol. The number of hydrogen-bond acceptors (Lipinski definition) is 10. The lowest BCUT2D eigenvalue weighted by Gasteiger charge is -2.18. The van der Waals surface area contributed by atoms with Gasteiger partial charge in [-0.15, -0.1) is 11.8 Å². The number of nitrogens with two attached hydrogens (primary N) is 2. The van der Waals surface area contributed by atoms with Gasteiger partial charge in [-0.3, -0.25) is 24.8 Å². The molecule has 1 fully saturated rings. The molecule has 0 spiro atoms. The number of nitrogens with zero attached hydrogens (tertiary/aromatic N) is 5. The fourth-order valence-corrected chi connectivity index (χ4v) is 5.54.